The molecule has 2 saturated heterocycles. The second-order valence-corrected chi connectivity index (χ2v) is 8.24. The third-order valence-electron chi connectivity index (χ3n) is 6.43. The summed E-state index contributed by atoms with van der Waals surface area (Å²) in [6.07, 6.45) is 5.44. The molecule has 0 bridgehead atoms. The molecule has 1 spiro atoms. The van der Waals surface area contributed by atoms with Gasteiger partial charge >= 0.3 is 0 Å². The number of carbonyl (C=O) groups excluding carboxylic acids is 1. The van der Waals surface area contributed by atoms with Gasteiger partial charge in [0.05, 0.1) is 29.9 Å². The van der Waals surface area contributed by atoms with Gasteiger partial charge in [0.1, 0.15) is 17.1 Å². The maximum absolute atomic E-state index is 13.0. The number of morpholine rings is 1. The highest BCUT2D eigenvalue weighted by Gasteiger charge is 2.57. The average Bonchev–Trinajstić information content (AvgIpc) is 3.44. The van der Waals surface area contributed by atoms with Crippen molar-refractivity contribution in [2.75, 3.05) is 44.2 Å². The molecule has 1 unspecified atom stereocenters. The van der Waals surface area contributed by atoms with E-state index in [1.165, 1.54) is 0 Å². The van der Waals surface area contributed by atoms with Crippen LogP contribution in [0.3, 0.4) is 0 Å². The zero-order chi connectivity index (χ0) is 19.8. The summed E-state index contributed by atoms with van der Waals surface area (Å²) in [5, 5.41) is 15.8. The minimum absolute atomic E-state index is 0.0399. The van der Waals surface area contributed by atoms with Gasteiger partial charge in [-0.15, -0.1) is 0 Å². The number of nitriles is 1. The zero-order valence-corrected chi connectivity index (χ0v) is 16.2. The highest BCUT2D eigenvalue weighted by Crippen LogP contribution is 2.57. The minimum atomic E-state index is -0.0404. The van der Waals surface area contributed by atoms with E-state index in [0.717, 1.165) is 43.7 Å². The number of amides is 1. The number of fused-ring (bicyclic) bond motifs is 1. The lowest BCUT2D eigenvalue weighted by molar-refractivity contribution is -0.126. The maximum atomic E-state index is 13.0. The molecule has 1 saturated carbocycles. The predicted octanol–water partition coefficient (Wildman–Crippen LogP) is 0.822. The Morgan fingerprint density at radius 3 is 2.90 bits per heavy atom. The first-order valence-corrected chi connectivity index (χ1v) is 10.2. The topological polar surface area (TPSA) is 103 Å². The van der Waals surface area contributed by atoms with E-state index < -0.39 is 0 Å². The summed E-state index contributed by atoms with van der Waals surface area (Å²) >= 11 is 0. The van der Waals surface area contributed by atoms with Crippen molar-refractivity contribution in [1.82, 2.24) is 20.6 Å². The van der Waals surface area contributed by atoms with Crippen molar-refractivity contribution >= 4 is 22.6 Å². The molecule has 2 aromatic rings. The van der Waals surface area contributed by atoms with Gasteiger partial charge in [0.2, 0.25) is 5.91 Å². The van der Waals surface area contributed by atoms with Crippen molar-refractivity contribution in [3.63, 3.8) is 0 Å². The third kappa shape index (κ3) is 3.30. The van der Waals surface area contributed by atoms with Crippen molar-refractivity contribution in [3.05, 3.63) is 30.1 Å². The molecule has 8 nitrogen and oxygen atoms in total. The number of nitrogens with zero attached hydrogens (tertiary/aromatic N) is 4. The number of nitrogens with one attached hydrogen (secondary N) is 2. The van der Waals surface area contributed by atoms with Crippen LogP contribution in [0.25, 0.3) is 11.0 Å². The fourth-order valence-electron chi connectivity index (χ4n) is 4.66. The Bertz CT molecular complexity index is 977. The molecule has 2 N–H and O–H groups in total. The lowest BCUT2D eigenvalue weighted by Gasteiger charge is -2.25. The highest BCUT2D eigenvalue weighted by atomic mass is 16.5. The van der Waals surface area contributed by atoms with Crippen molar-refractivity contribution < 1.29 is 9.53 Å². The van der Waals surface area contributed by atoms with Crippen LogP contribution in [0.5, 0.6) is 0 Å². The summed E-state index contributed by atoms with van der Waals surface area (Å²) in [4.78, 5) is 24.1. The summed E-state index contributed by atoms with van der Waals surface area (Å²) in [5.41, 5.74) is 2.87. The van der Waals surface area contributed by atoms with Crippen LogP contribution < -0.4 is 15.5 Å². The standard InChI is InChI=1S/C21H24N6O2/c22-9-14-1-2-17(19-18(14)24-5-6-25-19)27-12-16(21(13-27)3-4-21)20(28)26-11-15-10-23-7-8-29-15/h1-2,5-6,15-16,23H,3-4,7-8,10-13H2,(H,26,28)/t15-,16?/m1/s1. The second kappa shape index (κ2) is 7.25. The number of carbonyl (C=O) groups is 1. The van der Waals surface area contributed by atoms with Gasteiger partial charge in [-0.05, 0) is 25.0 Å². The molecule has 5 rings (SSSR count). The molecule has 3 heterocycles. The molecule has 150 valence electrons. The lowest BCUT2D eigenvalue weighted by atomic mass is 9.92. The van der Waals surface area contributed by atoms with Crippen LogP contribution in [-0.2, 0) is 9.53 Å². The van der Waals surface area contributed by atoms with Crippen molar-refractivity contribution in [3.8, 4) is 6.07 Å². The fraction of sp³-hybridized carbons (Fsp3) is 0.524. The number of hydrogen-bond donors (Lipinski definition) is 2. The van der Waals surface area contributed by atoms with Gasteiger partial charge in [-0.1, -0.05) is 0 Å². The highest BCUT2D eigenvalue weighted by molar-refractivity contribution is 5.92. The summed E-state index contributed by atoms with van der Waals surface area (Å²) in [7, 11) is 0. The molecule has 1 aromatic heterocycles. The van der Waals surface area contributed by atoms with E-state index in [4.69, 9.17) is 4.74 Å². The molecule has 1 amide bonds. The first-order chi connectivity index (χ1) is 14.2. The molecule has 29 heavy (non-hydrogen) atoms. The van der Waals surface area contributed by atoms with Crippen molar-refractivity contribution in [2.45, 2.75) is 18.9 Å². The smallest absolute Gasteiger partial charge is 0.225 e. The van der Waals surface area contributed by atoms with Crippen LogP contribution >= 0.6 is 0 Å². The van der Waals surface area contributed by atoms with E-state index in [1.807, 2.05) is 6.07 Å². The Kier molecular flexibility index (Phi) is 4.57. The van der Waals surface area contributed by atoms with Crippen LogP contribution in [0, 0.1) is 22.7 Å². The zero-order valence-electron chi connectivity index (χ0n) is 16.2. The molecule has 2 atom stereocenters. The van der Waals surface area contributed by atoms with Gasteiger partial charge in [-0.2, -0.15) is 5.26 Å². The van der Waals surface area contributed by atoms with E-state index in [9.17, 15) is 10.1 Å². The maximum Gasteiger partial charge on any atom is 0.225 e. The van der Waals surface area contributed by atoms with Gasteiger partial charge in [-0.25, -0.2) is 0 Å². The number of anilines is 1. The van der Waals surface area contributed by atoms with E-state index in [-0.39, 0.29) is 23.3 Å². The summed E-state index contributed by atoms with van der Waals surface area (Å²) < 4.78 is 5.69. The number of rotatable bonds is 4. The van der Waals surface area contributed by atoms with Gasteiger partial charge in [0.15, 0.2) is 0 Å². The molecular formula is C21H24N6O2. The van der Waals surface area contributed by atoms with Gasteiger partial charge in [0.25, 0.3) is 0 Å². The van der Waals surface area contributed by atoms with Gasteiger partial charge in [0, 0.05) is 50.5 Å². The van der Waals surface area contributed by atoms with E-state index in [2.05, 4.69) is 31.6 Å². The molecule has 3 aliphatic rings. The summed E-state index contributed by atoms with van der Waals surface area (Å²) in [6, 6.07) is 5.93. The van der Waals surface area contributed by atoms with Crippen molar-refractivity contribution in [2.24, 2.45) is 11.3 Å². The molecule has 8 heteroatoms. The van der Waals surface area contributed by atoms with Gasteiger partial charge in [-0.3, -0.25) is 14.8 Å². The van der Waals surface area contributed by atoms with E-state index in [0.29, 0.717) is 30.8 Å². The van der Waals surface area contributed by atoms with Crippen molar-refractivity contribution in [1.29, 1.82) is 5.26 Å². The third-order valence-corrected chi connectivity index (χ3v) is 6.43. The monoisotopic (exact) mass is 392 g/mol. The van der Waals surface area contributed by atoms with E-state index in [1.54, 1.807) is 18.5 Å². The predicted molar refractivity (Wildman–Crippen MR) is 107 cm³/mol. The van der Waals surface area contributed by atoms with Crippen LogP contribution in [0.15, 0.2) is 24.5 Å². The first kappa shape index (κ1) is 18.3. The normalized spacial score (nSPS) is 25.1. The lowest BCUT2D eigenvalue weighted by Crippen LogP contribution is -2.47. The SMILES string of the molecule is N#Cc1ccc(N2CC(C(=O)NC[C@H]3CNCCO3)C3(CC3)C2)c2nccnc12. The average molecular weight is 392 g/mol. The molecule has 1 aliphatic carbocycles. The number of aromatic nitrogens is 2. The van der Waals surface area contributed by atoms with Crippen LogP contribution in [0.2, 0.25) is 0 Å². The Labute approximate surface area is 169 Å². The Balaban J connectivity index is 1.35. The Morgan fingerprint density at radius 1 is 1.34 bits per heavy atom. The van der Waals surface area contributed by atoms with E-state index >= 15 is 0 Å². The number of hydrogen-bond acceptors (Lipinski definition) is 7. The molecule has 1 aromatic carbocycles. The molecular weight excluding hydrogens is 368 g/mol. The molecule has 0 radical (unpaired) electrons. The number of benzene rings is 1. The molecule has 3 fully saturated rings. The summed E-state index contributed by atoms with van der Waals surface area (Å²) in [6.45, 7) is 4.38. The number of ether oxygens (including phenoxy) is 1. The van der Waals surface area contributed by atoms with Crippen LogP contribution in [-0.4, -0.2) is 61.3 Å². The fourth-order valence-corrected chi connectivity index (χ4v) is 4.66. The Hall–Kier alpha value is -2.76. The Morgan fingerprint density at radius 2 is 2.17 bits per heavy atom. The quantitative estimate of drug-likeness (QED) is 0.794. The minimum Gasteiger partial charge on any atom is -0.374 e. The molecule has 2 aliphatic heterocycles. The van der Waals surface area contributed by atoms with Crippen LogP contribution in [0.4, 0.5) is 5.69 Å². The largest absolute Gasteiger partial charge is 0.374 e. The second-order valence-electron chi connectivity index (χ2n) is 8.24. The summed E-state index contributed by atoms with van der Waals surface area (Å²) in [5.74, 6) is 0.0737. The first-order valence-electron chi connectivity index (χ1n) is 10.2. The van der Waals surface area contributed by atoms with Gasteiger partial charge < -0.3 is 20.3 Å². The van der Waals surface area contributed by atoms with Crippen LogP contribution in [0.1, 0.15) is 18.4 Å².